The molecule has 180 valence electrons. The predicted octanol–water partition coefficient (Wildman–Crippen LogP) is 4.89. The highest BCUT2D eigenvalue weighted by atomic mass is 32.2. The van der Waals surface area contributed by atoms with Crippen LogP contribution in [0.15, 0.2) is 35.7 Å². The molecule has 1 saturated heterocycles. The van der Waals surface area contributed by atoms with Gasteiger partial charge in [0.15, 0.2) is 9.84 Å². The van der Waals surface area contributed by atoms with Gasteiger partial charge in [-0.2, -0.15) is 0 Å². The van der Waals surface area contributed by atoms with Gasteiger partial charge in [0.05, 0.1) is 32.0 Å². The molecule has 1 aromatic rings. The van der Waals surface area contributed by atoms with Crippen LogP contribution in [0, 0.1) is 18.8 Å². The summed E-state index contributed by atoms with van der Waals surface area (Å²) in [5.41, 5.74) is 0.898. The molecule has 32 heavy (non-hydrogen) atoms. The Balaban J connectivity index is 2.02. The van der Waals surface area contributed by atoms with E-state index in [1.807, 2.05) is 13.0 Å². The number of carbonyl (C=O) groups is 1. The summed E-state index contributed by atoms with van der Waals surface area (Å²) in [5.74, 6) is -0.0155. The van der Waals surface area contributed by atoms with Gasteiger partial charge < -0.3 is 14.2 Å². The molecule has 3 atom stereocenters. The van der Waals surface area contributed by atoms with Gasteiger partial charge in [0.25, 0.3) is 0 Å². The molecular formula is C25H38O6S. The van der Waals surface area contributed by atoms with Crippen LogP contribution in [0.5, 0.6) is 5.75 Å². The maximum atomic E-state index is 13.1. The second-order valence-corrected chi connectivity index (χ2v) is 10.7. The van der Waals surface area contributed by atoms with Crippen molar-refractivity contribution in [3.63, 3.8) is 0 Å². The molecule has 0 bridgehead atoms. The molecule has 1 aliphatic rings. The van der Waals surface area contributed by atoms with Crippen molar-refractivity contribution in [1.29, 1.82) is 0 Å². The Hall–Kier alpha value is -1.86. The van der Waals surface area contributed by atoms with Gasteiger partial charge in [-0.15, -0.1) is 6.58 Å². The lowest BCUT2D eigenvalue weighted by Crippen LogP contribution is -2.26. The van der Waals surface area contributed by atoms with E-state index in [1.165, 1.54) is 0 Å². The fourth-order valence-corrected chi connectivity index (χ4v) is 5.12. The first-order valence-corrected chi connectivity index (χ1v) is 13.3. The third-order valence-corrected chi connectivity index (χ3v) is 7.67. The highest BCUT2D eigenvalue weighted by Crippen LogP contribution is 2.31. The Morgan fingerprint density at radius 2 is 2.09 bits per heavy atom. The molecule has 0 aliphatic carbocycles. The Bertz CT molecular complexity index is 848. The van der Waals surface area contributed by atoms with Gasteiger partial charge in [0, 0.05) is 5.92 Å². The Morgan fingerprint density at radius 3 is 2.78 bits per heavy atom. The van der Waals surface area contributed by atoms with Gasteiger partial charge in [0.1, 0.15) is 16.7 Å². The van der Waals surface area contributed by atoms with Crippen molar-refractivity contribution in [2.24, 2.45) is 11.8 Å². The standard InChI is InChI=1S/C25H38O6S/c1-5-8-10-20(7-3)16-30-25(26)13-14-32(27,28)24-12-11-19(4)15-22(24)31-23-18-29-17-21(23)9-6-2/h6,11-12,15,20-21,23H,2,5,7-10,13-14,16-18H2,1,3-4H3/t20-,21-,23+/m1/s1. The molecule has 1 heterocycles. The summed E-state index contributed by atoms with van der Waals surface area (Å²) < 4.78 is 43.1. The van der Waals surface area contributed by atoms with E-state index in [0.29, 0.717) is 31.5 Å². The summed E-state index contributed by atoms with van der Waals surface area (Å²) in [7, 11) is -3.72. The van der Waals surface area contributed by atoms with Gasteiger partial charge in [-0.25, -0.2) is 8.42 Å². The third kappa shape index (κ3) is 7.93. The molecule has 0 saturated carbocycles. The van der Waals surface area contributed by atoms with Gasteiger partial charge >= 0.3 is 5.97 Å². The van der Waals surface area contributed by atoms with Crippen LogP contribution in [0.1, 0.15) is 57.9 Å². The molecule has 1 aliphatic heterocycles. The van der Waals surface area contributed by atoms with E-state index in [4.69, 9.17) is 14.2 Å². The molecule has 0 aromatic heterocycles. The summed E-state index contributed by atoms with van der Waals surface area (Å²) >= 11 is 0. The summed E-state index contributed by atoms with van der Waals surface area (Å²) in [5, 5.41) is 0. The zero-order chi connectivity index (χ0) is 23.6. The van der Waals surface area contributed by atoms with E-state index >= 15 is 0 Å². The first-order valence-electron chi connectivity index (χ1n) is 11.6. The van der Waals surface area contributed by atoms with Crippen molar-refractivity contribution in [3.05, 3.63) is 36.4 Å². The zero-order valence-corrected chi connectivity index (χ0v) is 20.5. The molecule has 0 radical (unpaired) electrons. The maximum absolute atomic E-state index is 13.1. The number of hydrogen-bond donors (Lipinski definition) is 0. The van der Waals surface area contributed by atoms with Crippen molar-refractivity contribution >= 4 is 15.8 Å². The Labute approximate surface area is 193 Å². The second kappa shape index (κ2) is 13.0. The molecule has 0 N–H and O–H groups in total. The lowest BCUT2D eigenvalue weighted by Gasteiger charge is -2.21. The minimum Gasteiger partial charge on any atom is -0.486 e. The molecule has 2 rings (SSSR count). The van der Waals surface area contributed by atoms with Gasteiger partial charge in [-0.05, 0) is 43.4 Å². The minimum atomic E-state index is -3.72. The third-order valence-electron chi connectivity index (χ3n) is 5.92. The van der Waals surface area contributed by atoms with Crippen LogP contribution in [0.2, 0.25) is 0 Å². The smallest absolute Gasteiger partial charge is 0.306 e. The number of aryl methyl sites for hydroxylation is 1. The average Bonchev–Trinajstić information content (AvgIpc) is 3.19. The van der Waals surface area contributed by atoms with E-state index < -0.39 is 15.8 Å². The molecule has 0 unspecified atom stereocenters. The van der Waals surface area contributed by atoms with Gasteiger partial charge in [0.2, 0.25) is 0 Å². The lowest BCUT2D eigenvalue weighted by molar-refractivity contribution is -0.144. The van der Waals surface area contributed by atoms with Crippen molar-refractivity contribution in [3.8, 4) is 5.75 Å². The number of sulfone groups is 1. The monoisotopic (exact) mass is 466 g/mol. The first-order chi connectivity index (χ1) is 15.3. The summed E-state index contributed by atoms with van der Waals surface area (Å²) in [6.45, 7) is 11.2. The van der Waals surface area contributed by atoms with Crippen molar-refractivity contribution < 1.29 is 27.4 Å². The number of unbranched alkanes of at least 4 members (excludes halogenated alkanes) is 1. The van der Waals surface area contributed by atoms with Crippen LogP contribution < -0.4 is 4.74 Å². The van der Waals surface area contributed by atoms with Crippen molar-refractivity contribution in [2.45, 2.75) is 70.3 Å². The number of esters is 1. The van der Waals surface area contributed by atoms with Crippen LogP contribution in [0.3, 0.4) is 0 Å². The highest BCUT2D eigenvalue weighted by molar-refractivity contribution is 7.91. The Morgan fingerprint density at radius 1 is 1.31 bits per heavy atom. The van der Waals surface area contributed by atoms with Crippen LogP contribution in [-0.4, -0.2) is 46.1 Å². The fourth-order valence-electron chi connectivity index (χ4n) is 3.78. The number of allylic oxidation sites excluding steroid dienone is 1. The van der Waals surface area contributed by atoms with E-state index in [1.54, 1.807) is 18.2 Å². The number of hydrogen-bond acceptors (Lipinski definition) is 6. The second-order valence-electron chi connectivity index (χ2n) is 8.60. The van der Waals surface area contributed by atoms with E-state index in [2.05, 4.69) is 20.4 Å². The lowest BCUT2D eigenvalue weighted by atomic mass is 10.0. The SMILES string of the molecule is C=CC[C@@H]1COC[C@@H]1Oc1cc(C)ccc1S(=O)(=O)CCC(=O)OC[C@H](CC)CCCC. The molecule has 1 fully saturated rings. The zero-order valence-electron chi connectivity index (χ0n) is 19.7. The highest BCUT2D eigenvalue weighted by Gasteiger charge is 2.31. The van der Waals surface area contributed by atoms with Crippen LogP contribution in [-0.2, 0) is 24.1 Å². The summed E-state index contributed by atoms with van der Waals surface area (Å²) in [4.78, 5) is 12.3. The van der Waals surface area contributed by atoms with E-state index in [-0.39, 0.29) is 29.1 Å². The predicted molar refractivity (Wildman–Crippen MR) is 126 cm³/mol. The molecule has 0 spiro atoms. The molecule has 7 heteroatoms. The van der Waals surface area contributed by atoms with Crippen LogP contribution >= 0.6 is 0 Å². The number of benzene rings is 1. The minimum absolute atomic E-state index is 0.106. The first kappa shape index (κ1) is 26.4. The summed E-state index contributed by atoms with van der Waals surface area (Å²) in [6.07, 6.45) is 6.30. The molecule has 1 aromatic carbocycles. The Kier molecular flexibility index (Phi) is 10.7. The average molecular weight is 467 g/mol. The number of rotatable bonds is 14. The van der Waals surface area contributed by atoms with Gasteiger partial charge in [-0.3, -0.25) is 4.79 Å². The topological polar surface area (TPSA) is 78.9 Å². The van der Waals surface area contributed by atoms with Crippen LogP contribution in [0.4, 0.5) is 0 Å². The molecular weight excluding hydrogens is 428 g/mol. The molecule has 6 nitrogen and oxygen atoms in total. The van der Waals surface area contributed by atoms with Crippen molar-refractivity contribution in [2.75, 3.05) is 25.6 Å². The quantitative estimate of drug-likeness (QED) is 0.287. The largest absolute Gasteiger partial charge is 0.486 e. The maximum Gasteiger partial charge on any atom is 0.306 e. The van der Waals surface area contributed by atoms with Crippen LogP contribution in [0.25, 0.3) is 0 Å². The number of carbonyl (C=O) groups excluding carboxylic acids is 1. The fraction of sp³-hybridized carbons (Fsp3) is 0.640. The van der Waals surface area contributed by atoms with E-state index in [0.717, 1.165) is 37.7 Å². The normalized spacial score (nSPS) is 19.5. The summed E-state index contributed by atoms with van der Waals surface area (Å²) in [6, 6.07) is 5.03. The van der Waals surface area contributed by atoms with Gasteiger partial charge in [-0.1, -0.05) is 45.3 Å². The number of ether oxygens (including phenoxy) is 3. The van der Waals surface area contributed by atoms with E-state index in [9.17, 15) is 13.2 Å². The molecule has 0 amide bonds. The van der Waals surface area contributed by atoms with Crippen molar-refractivity contribution in [1.82, 2.24) is 0 Å².